The zero-order valence-electron chi connectivity index (χ0n) is 16.3. The topological polar surface area (TPSA) is 75.9 Å². The number of nitrogens with zero attached hydrogens (tertiary/aromatic N) is 2. The fourth-order valence-corrected chi connectivity index (χ4v) is 3.70. The molecule has 152 valence electrons. The third-order valence-electron chi connectivity index (χ3n) is 5.57. The average Bonchev–Trinajstić information content (AvgIpc) is 2.67. The fraction of sp³-hybridized carbons (Fsp3) is 0.895. The summed E-state index contributed by atoms with van der Waals surface area (Å²) in [5.41, 5.74) is 5.49. The molecule has 2 fully saturated rings. The summed E-state index contributed by atoms with van der Waals surface area (Å²) in [5.74, 6) is 0.445. The Labute approximate surface area is 164 Å². The first kappa shape index (κ1) is 23.2. The van der Waals surface area contributed by atoms with Crippen molar-refractivity contribution in [2.75, 3.05) is 39.3 Å². The van der Waals surface area contributed by atoms with Crippen molar-refractivity contribution in [3.05, 3.63) is 0 Å². The van der Waals surface area contributed by atoms with E-state index in [2.05, 4.69) is 0 Å². The molecule has 0 aromatic rings. The van der Waals surface area contributed by atoms with Gasteiger partial charge in [0, 0.05) is 38.7 Å². The molecule has 2 N–H and O–H groups in total. The molecule has 2 aliphatic heterocycles. The first-order valence-electron chi connectivity index (χ1n) is 9.96. The minimum atomic E-state index is -0.0311. The Hall–Kier alpha value is -0.850. The number of ether oxygens (including phenoxy) is 1. The lowest BCUT2D eigenvalue weighted by Gasteiger charge is -2.38. The smallest absolute Gasteiger partial charge is 0.227 e. The molecule has 0 aliphatic carbocycles. The second kappa shape index (κ2) is 11.8. The van der Waals surface area contributed by atoms with Crippen LogP contribution in [0.2, 0.25) is 0 Å². The van der Waals surface area contributed by atoms with Gasteiger partial charge < -0.3 is 20.3 Å². The number of halogens is 1. The molecule has 2 aliphatic rings. The van der Waals surface area contributed by atoms with Gasteiger partial charge in [-0.05, 0) is 45.1 Å². The summed E-state index contributed by atoms with van der Waals surface area (Å²) in [6.45, 7) is 8.30. The first-order chi connectivity index (χ1) is 12.1. The summed E-state index contributed by atoms with van der Waals surface area (Å²) in [4.78, 5) is 29.2. The molecule has 7 heteroatoms. The minimum absolute atomic E-state index is 0. The number of rotatable bonds is 7. The Morgan fingerprint density at radius 2 is 1.85 bits per heavy atom. The van der Waals surface area contributed by atoms with Crippen molar-refractivity contribution in [2.45, 2.75) is 58.5 Å². The Morgan fingerprint density at radius 3 is 2.46 bits per heavy atom. The number of hydrogen-bond donors (Lipinski definition) is 1. The summed E-state index contributed by atoms with van der Waals surface area (Å²) < 4.78 is 5.81. The molecule has 2 amide bonds. The lowest BCUT2D eigenvalue weighted by molar-refractivity contribution is -0.144. The highest BCUT2D eigenvalue weighted by Gasteiger charge is 2.33. The van der Waals surface area contributed by atoms with Gasteiger partial charge in [-0.1, -0.05) is 13.8 Å². The second-order valence-corrected chi connectivity index (χ2v) is 7.47. The van der Waals surface area contributed by atoms with Gasteiger partial charge in [0.2, 0.25) is 11.8 Å². The molecule has 0 radical (unpaired) electrons. The van der Waals surface area contributed by atoms with E-state index in [-0.39, 0.29) is 42.2 Å². The molecule has 0 aromatic heterocycles. The maximum absolute atomic E-state index is 12.9. The van der Waals surface area contributed by atoms with Gasteiger partial charge in [-0.3, -0.25) is 9.59 Å². The van der Waals surface area contributed by atoms with Crippen LogP contribution in [0.4, 0.5) is 0 Å². The Kier molecular flexibility index (Phi) is 10.5. The third kappa shape index (κ3) is 6.39. The summed E-state index contributed by atoms with van der Waals surface area (Å²) in [6.07, 6.45) is 5.63. The van der Waals surface area contributed by atoms with E-state index in [4.69, 9.17) is 10.5 Å². The molecule has 2 saturated heterocycles. The lowest BCUT2D eigenvalue weighted by Crippen LogP contribution is -2.50. The molecular weight excluding hydrogens is 354 g/mol. The SMILES string of the molecule is CCC(C)C(=O)N1CCCC(C(=O)N2CCC(OCCCN)CC2)C1.Cl. The number of piperidine rings is 2. The van der Waals surface area contributed by atoms with Crippen LogP contribution in [0.3, 0.4) is 0 Å². The second-order valence-electron chi connectivity index (χ2n) is 7.47. The van der Waals surface area contributed by atoms with Crippen LogP contribution in [0.1, 0.15) is 52.4 Å². The van der Waals surface area contributed by atoms with Gasteiger partial charge in [-0.25, -0.2) is 0 Å². The molecule has 2 heterocycles. The summed E-state index contributed by atoms with van der Waals surface area (Å²) >= 11 is 0. The van der Waals surface area contributed by atoms with Crippen molar-refractivity contribution in [1.82, 2.24) is 9.80 Å². The quantitative estimate of drug-likeness (QED) is 0.676. The van der Waals surface area contributed by atoms with E-state index in [1.165, 1.54) is 0 Å². The highest BCUT2D eigenvalue weighted by molar-refractivity contribution is 5.85. The number of likely N-dealkylation sites (tertiary alicyclic amines) is 2. The van der Waals surface area contributed by atoms with Crippen molar-refractivity contribution in [2.24, 2.45) is 17.6 Å². The van der Waals surface area contributed by atoms with Crippen LogP contribution in [0.5, 0.6) is 0 Å². The van der Waals surface area contributed by atoms with Gasteiger partial charge in [-0.15, -0.1) is 12.4 Å². The van der Waals surface area contributed by atoms with Crippen molar-refractivity contribution in [1.29, 1.82) is 0 Å². The van der Waals surface area contributed by atoms with Crippen molar-refractivity contribution in [3.8, 4) is 0 Å². The van der Waals surface area contributed by atoms with Crippen LogP contribution < -0.4 is 5.73 Å². The Balaban J connectivity index is 0.00000338. The van der Waals surface area contributed by atoms with Gasteiger partial charge in [-0.2, -0.15) is 0 Å². The van der Waals surface area contributed by atoms with Crippen molar-refractivity contribution in [3.63, 3.8) is 0 Å². The zero-order valence-corrected chi connectivity index (χ0v) is 17.1. The molecule has 6 nitrogen and oxygen atoms in total. The number of hydrogen-bond acceptors (Lipinski definition) is 4. The summed E-state index contributed by atoms with van der Waals surface area (Å²) in [6, 6.07) is 0. The normalized spacial score (nSPS) is 22.7. The van der Waals surface area contributed by atoms with Crippen LogP contribution in [-0.2, 0) is 14.3 Å². The van der Waals surface area contributed by atoms with E-state index < -0.39 is 0 Å². The summed E-state index contributed by atoms with van der Waals surface area (Å²) in [5, 5.41) is 0. The molecule has 2 unspecified atom stereocenters. The molecule has 0 bridgehead atoms. The van der Waals surface area contributed by atoms with E-state index in [1.54, 1.807) is 0 Å². The Bertz CT molecular complexity index is 442. The van der Waals surface area contributed by atoms with Gasteiger partial charge in [0.15, 0.2) is 0 Å². The largest absolute Gasteiger partial charge is 0.378 e. The van der Waals surface area contributed by atoms with Gasteiger partial charge in [0.25, 0.3) is 0 Å². The van der Waals surface area contributed by atoms with Crippen molar-refractivity contribution < 1.29 is 14.3 Å². The van der Waals surface area contributed by atoms with E-state index in [9.17, 15) is 9.59 Å². The molecule has 0 aromatic carbocycles. The molecule has 26 heavy (non-hydrogen) atoms. The maximum Gasteiger partial charge on any atom is 0.227 e. The van der Waals surface area contributed by atoms with Crippen LogP contribution in [0.25, 0.3) is 0 Å². The highest BCUT2D eigenvalue weighted by Crippen LogP contribution is 2.23. The van der Waals surface area contributed by atoms with E-state index in [1.807, 2.05) is 23.6 Å². The average molecular weight is 390 g/mol. The predicted octanol–water partition coefficient (Wildman–Crippen LogP) is 2.05. The fourth-order valence-electron chi connectivity index (χ4n) is 3.70. The standard InChI is InChI=1S/C19H35N3O3.ClH/c1-3-15(2)18(23)22-10-4-6-16(14-22)19(24)21-11-7-17(8-12-21)25-13-5-9-20;/h15-17H,3-14,20H2,1-2H3;1H. The molecular formula is C19H36ClN3O3. The van der Waals surface area contributed by atoms with Crippen LogP contribution in [0.15, 0.2) is 0 Å². The number of nitrogens with two attached hydrogens (primary N) is 1. The zero-order chi connectivity index (χ0) is 18.2. The van der Waals surface area contributed by atoms with Crippen LogP contribution in [-0.4, -0.2) is 67.0 Å². The van der Waals surface area contributed by atoms with Crippen LogP contribution in [0, 0.1) is 11.8 Å². The van der Waals surface area contributed by atoms with Crippen LogP contribution >= 0.6 is 12.4 Å². The van der Waals surface area contributed by atoms with Crippen molar-refractivity contribution >= 4 is 24.2 Å². The molecule has 0 saturated carbocycles. The number of amides is 2. The predicted molar refractivity (Wildman–Crippen MR) is 105 cm³/mol. The third-order valence-corrected chi connectivity index (χ3v) is 5.57. The van der Waals surface area contributed by atoms with Gasteiger partial charge in [0.1, 0.15) is 0 Å². The highest BCUT2D eigenvalue weighted by atomic mass is 35.5. The maximum atomic E-state index is 12.9. The molecule has 2 rings (SSSR count). The first-order valence-corrected chi connectivity index (χ1v) is 9.96. The van der Waals surface area contributed by atoms with Gasteiger partial charge in [0.05, 0.1) is 12.0 Å². The molecule has 2 atom stereocenters. The summed E-state index contributed by atoms with van der Waals surface area (Å²) in [7, 11) is 0. The Morgan fingerprint density at radius 1 is 1.15 bits per heavy atom. The van der Waals surface area contributed by atoms with Gasteiger partial charge >= 0.3 is 0 Å². The minimum Gasteiger partial charge on any atom is -0.378 e. The monoisotopic (exact) mass is 389 g/mol. The molecule has 0 spiro atoms. The van der Waals surface area contributed by atoms with E-state index >= 15 is 0 Å². The lowest BCUT2D eigenvalue weighted by atomic mass is 9.94. The van der Waals surface area contributed by atoms with E-state index in [0.717, 1.165) is 58.2 Å². The number of carbonyl (C=O) groups excluding carboxylic acids is 2. The number of carbonyl (C=O) groups is 2. The van der Waals surface area contributed by atoms with E-state index in [0.29, 0.717) is 19.7 Å².